The monoisotopic (exact) mass is 296 g/mol. The lowest BCUT2D eigenvalue weighted by Gasteiger charge is -2.13. The number of hydrogen-bond donors (Lipinski definition) is 4. The molecule has 1 heterocycles. The number of hydrogen-bond acceptors (Lipinski definition) is 4. The molecule has 0 aliphatic carbocycles. The van der Waals surface area contributed by atoms with Gasteiger partial charge in [0.25, 0.3) is 0 Å². The summed E-state index contributed by atoms with van der Waals surface area (Å²) in [4.78, 5) is 12.5. The van der Waals surface area contributed by atoms with Crippen molar-refractivity contribution in [2.24, 2.45) is 0 Å². The van der Waals surface area contributed by atoms with Crippen molar-refractivity contribution in [2.45, 2.75) is 5.92 Å². The Morgan fingerprint density at radius 3 is 2.58 bits per heavy atom. The first kappa shape index (κ1) is 13.7. The molecule has 0 saturated carbocycles. The molecule has 0 aromatic heterocycles. The molecule has 19 heavy (non-hydrogen) atoms. The van der Waals surface area contributed by atoms with Gasteiger partial charge in [-0.15, -0.1) is 0 Å². The molecule has 0 atom stereocenters. The number of nitrogens with one attached hydrogen (secondary N) is 3. The summed E-state index contributed by atoms with van der Waals surface area (Å²) in [5, 5.41) is 12.0. The zero-order valence-electron chi connectivity index (χ0n) is 10.0. The van der Waals surface area contributed by atoms with Gasteiger partial charge in [-0.25, -0.2) is 9.86 Å². The van der Waals surface area contributed by atoms with Crippen LogP contribution in [0.15, 0.2) is 24.3 Å². The number of carbonyl (C=O) groups is 1. The third-order valence-corrected chi connectivity index (χ3v) is 3.27. The summed E-state index contributed by atoms with van der Waals surface area (Å²) in [7, 11) is 1.24. The van der Waals surface area contributed by atoms with E-state index in [0.29, 0.717) is 20.7 Å². The van der Waals surface area contributed by atoms with Crippen molar-refractivity contribution >= 4 is 46.1 Å². The number of nitrogens with zero attached hydrogens (tertiary/aromatic N) is 1. The van der Waals surface area contributed by atoms with Gasteiger partial charge in [0.15, 0.2) is 0 Å². The van der Waals surface area contributed by atoms with Crippen LogP contribution in [0.5, 0.6) is 0 Å². The van der Waals surface area contributed by atoms with E-state index in [-0.39, 0.29) is 5.92 Å². The number of hydroxylamine groups is 2. The van der Waals surface area contributed by atoms with Gasteiger partial charge in [0, 0.05) is 12.7 Å². The van der Waals surface area contributed by atoms with Crippen molar-refractivity contribution in [1.82, 2.24) is 15.9 Å². The van der Waals surface area contributed by atoms with Gasteiger partial charge in [-0.2, -0.15) is 0 Å². The van der Waals surface area contributed by atoms with E-state index in [9.17, 15) is 4.79 Å². The molecule has 1 aliphatic rings. The maximum atomic E-state index is 11.4. The van der Waals surface area contributed by atoms with E-state index in [1.54, 1.807) is 18.2 Å². The van der Waals surface area contributed by atoms with Gasteiger partial charge in [0.2, 0.25) is 0 Å². The fourth-order valence-corrected chi connectivity index (χ4v) is 2.37. The van der Waals surface area contributed by atoms with Crippen LogP contribution in [0.1, 0.15) is 11.5 Å². The Kier molecular flexibility index (Phi) is 3.93. The number of urea groups is 1. The van der Waals surface area contributed by atoms with Crippen LogP contribution in [0, 0.1) is 0 Å². The van der Waals surface area contributed by atoms with Crippen LogP contribution in [0.4, 0.5) is 10.5 Å². The molecule has 2 amide bonds. The van der Waals surface area contributed by atoms with Crippen LogP contribution in [0.2, 0.25) is 0 Å². The summed E-state index contributed by atoms with van der Waals surface area (Å²) in [6, 6.07) is 6.51. The van der Waals surface area contributed by atoms with Crippen molar-refractivity contribution in [2.75, 3.05) is 12.4 Å². The lowest BCUT2D eigenvalue weighted by Crippen LogP contribution is -2.28. The number of anilines is 1. The number of rotatable bonds is 2. The molecule has 0 bridgehead atoms. The summed E-state index contributed by atoms with van der Waals surface area (Å²) >= 11 is 10.4. The van der Waals surface area contributed by atoms with Crippen LogP contribution in [0.3, 0.4) is 0 Å². The third-order valence-electron chi connectivity index (χ3n) is 2.60. The Morgan fingerprint density at radius 1 is 1.37 bits per heavy atom. The number of carbonyl (C=O) groups excluding carboxylic acids is 1. The molecule has 1 fully saturated rings. The zero-order chi connectivity index (χ0) is 14.0. The quantitative estimate of drug-likeness (QED) is 0.375. The van der Waals surface area contributed by atoms with Crippen molar-refractivity contribution in [1.29, 1.82) is 0 Å². The molecule has 1 aliphatic heterocycles. The third kappa shape index (κ3) is 2.98. The Morgan fingerprint density at radius 2 is 2.00 bits per heavy atom. The second-order valence-electron chi connectivity index (χ2n) is 3.99. The Labute approximate surface area is 120 Å². The van der Waals surface area contributed by atoms with Gasteiger partial charge in [-0.1, -0.05) is 36.6 Å². The summed E-state index contributed by atoms with van der Waals surface area (Å²) in [6.07, 6.45) is 0. The predicted octanol–water partition coefficient (Wildman–Crippen LogP) is 1.39. The van der Waals surface area contributed by atoms with E-state index in [2.05, 4.69) is 16.2 Å². The predicted molar refractivity (Wildman–Crippen MR) is 79.2 cm³/mol. The van der Waals surface area contributed by atoms with E-state index < -0.39 is 6.03 Å². The summed E-state index contributed by atoms with van der Waals surface area (Å²) in [6.45, 7) is 0. The van der Waals surface area contributed by atoms with E-state index in [1.165, 1.54) is 7.05 Å². The van der Waals surface area contributed by atoms with Crippen LogP contribution in [-0.2, 0) is 0 Å². The van der Waals surface area contributed by atoms with Crippen LogP contribution in [-0.4, -0.2) is 33.3 Å². The highest BCUT2D eigenvalue weighted by Gasteiger charge is 2.27. The minimum atomic E-state index is -0.620. The molecule has 6 nitrogen and oxygen atoms in total. The van der Waals surface area contributed by atoms with E-state index in [4.69, 9.17) is 29.6 Å². The Bertz CT molecular complexity index is 531. The average Bonchev–Trinajstić information content (AvgIpc) is 2.69. The molecule has 100 valence electrons. The molecule has 0 radical (unpaired) electrons. The minimum absolute atomic E-state index is 0.200. The first-order valence-electron chi connectivity index (χ1n) is 5.42. The maximum absolute atomic E-state index is 11.4. The summed E-state index contributed by atoms with van der Waals surface area (Å²) < 4.78 is 0. The number of amides is 2. The lowest BCUT2D eigenvalue weighted by molar-refractivity contribution is -0.0118. The van der Waals surface area contributed by atoms with Gasteiger partial charge in [0.1, 0.15) is 9.98 Å². The van der Waals surface area contributed by atoms with Crippen LogP contribution in [0.25, 0.3) is 0 Å². The molecule has 1 aromatic carbocycles. The first-order valence-corrected chi connectivity index (χ1v) is 6.24. The van der Waals surface area contributed by atoms with Crippen molar-refractivity contribution in [3.05, 3.63) is 29.8 Å². The molecule has 4 N–H and O–H groups in total. The molecular formula is C11H12N4O2S2. The Hall–Kier alpha value is -1.77. The molecule has 1 saturated heterocycles. The minimum Gasteiger partial charge on any atom is -0.306 e. The number of hydrazine groups is 1. The van der Waals surface area contributed by atoms with Gasteiger partial charge in [-0.05, 0) is 17.7 Å². The van der Waals surface area contributed by atoms with E-state index in [1.807, 2.05) is 6.07 Å². The zero-order valence-corrected chi connectivity index (χ0v) is 11.6. The van der Waals surface area contributed by atoms with Crippen molar-refractivity contribution in [3.8, 4) is 0 Å². The van der Waals surface area contributed by atoms with Gasteiger partial charge < -0.3 is 5.32 Å². The van der Waals surface area contributed by atoms with E-state index >= 15 is 0 Å². The smallest absolute Gasteiger partial charge is 0.306 e. The SMILES string of the molecule is CN(O)C(=O)Nc1cccc(C2C(=S)NNC2=S)c1. The van der Waals surface area contributed by atoms with Gasteiger partial charge >= 0.3 is 6.03 Å². The number of thiocarbonyl (C=S) groups is 2. The standard InChI is InChI=1S/C11H12N4O2S2/c1-15(17)11(16)12-7-4-2-3-6(5-7)8-9(18)13-14-10(8)19/h2-5,8,17H,1H3,(H,12,16)(H,13,18)(H,14,19). The molecular weight excluding hydrogens is 284 g/mol. The van der Waals surface area contributed by atoms with Crippen LogP contribution < -0.4 is 16.2 Å². The fourth-order valence-electron chi connectivity index (χ4n) is 1.69. The highest BCUT2D eigenvalue weighted by Crippen LogP contribution is 2.24. The highest BCUT2D eigenvalue weighted by molar-refractivity contribution is 7.82. The first-order chi connectivity index (χ1) is 8.99. The van der Waals surface area contributed by atoms with E-state index in [0.717, 1.165) is 5.56 Å². The van der Waals surface area contributed by atoms with Gasteiger partial charge in [-0.3, -0.25) is 16.1 Å². The van der Waals surface area contributed by atoms with Gasteiger partial charge in [0.05, 0.1) is 5.92 Å². The topological polar surface area (TPSA) is 76.6 Å². The lowest BCUT2D eigenvalue weighted by atomic mass is 9.99. The van der Waals surface area contributed by atoms with Crippen LogP contribution >= 0.6 is 24.4 Å². The fraction of sp³-hybridized carbons (Fsp3) is 0.182. The summed E-state index contributed by atoms with van der Waals surface area (Å²) in [5.74, 6) is -0.200. The molecule has 2 rings (SSSR count). The second-order valence-corrected chi connectivity index (χ2v) is 4.87. The van der Waals surface area contributed by atoms with Crippen molar-refractivity contribution in [3.63, 3.8) is 0 Å². The maximum Gasteiger partial charge on any atom is 0.345 e. The molecule has 8 heteroatoms. The summed E-state index contributed by atoms with van der Waals surface area (Å²) in [5.41, 5.74) is 7.02. The largest absolute Gasteiger partial charge is 0.345 e. The molecule has 1 aromatic rings. The highest BCUT2D eigenvalue weighted by atomic mass is 32.1. The van der Waals surface area contributed by atoms with Crippen molar-refractivity contribution < 1.29 is 10.0 Å². The molecule has 0 unspecified atom stereocenters. The molecule has 0 spiro atoms. The number of benzene rings is 1. The second kappa shape index (κ2) is 5.47. The average molecular weight is 296 g/mol. The Balaban J connectivity index is 2.22. The normalized spacial score (nSPS) is 14.8.